The second-order valence-corrected chi connectivity index (χ2v) is 3.64. The highest BCUT2D eigenvalue weighted by atomic mass is 32.1. The maximum absolute atomic E-state index is 5.20. The summed E-state index contributed by atoms with van der Waals surface area (Å²) in [4.78, 5) is 4.17. The fraction of sp³-hybridized carbons (Fsp3) is 0.667. The number of ether oxygens (including phenoxy) is 2. The van der Waals surface area contributed by atoms with Crippen LogP contribution in [0.5, 0.6) is 0 Å². The van der Waals surface area contributed by atoms with Crippen molar-refractivity contribution in [1.82, 2.24) is 10.3 Å². The molecule has 5 heteroatoms. The fourth-order valence-corrected chi connectivity index (χ4v) is 1.64. The Morgan fingerprint density at radius 2 is 2.43 bits per heavy atom. The van der Waals surface area contributed by atoms with Gasteiger partial charge in [-0.2, -0.15) is 0 Å². The molecule has 0 aliphatic carbocycles. The van der Waals surface area contributed by atoms with Crippen molar-refractivity contribution in [3.05, 3.63) is 16.6 Å². The van der Waals surface area contributed by atoms with Crippen molar-refractivity contribution in [2.75, 3.05) is 27.4 Å². The summed E-state index contributed by atoms with van der Waals surface area (Å²) in [5, 5.41) is 5.30. The highest BCUT2D eigenvalue weighted by Gasteiger charge is 2.05. The van der Waals surface area contributed by atoms with E-state index < -0.39 is 0 Å². The fourth-order valence-electron chi connectivity index (χ4n) is 1.08. The summed E-state index contributed by atoms with van der Waals surface area (Å²) >= 11 is 1.61. The van der Waals surface area contributed by atoms with E-state index in [1.54, 1.807) is 25.6 Å². The van der Waals surface area contributed by atoms with Crippen LogP contribution < -0.4 is 5.32 Å². The van der Waals surface area contributed by atoms with E-state index in [9.17, 15) is 0 Å². The molecular weight excluding hydrogens is 200 g/mol. The summed E-state index contributed by atoms with van der Waals surface area (Å²) in [6.45, 7) is 2.18. The molecule has 0 aliphatic heterocycles. The molecule has 0 saturated carbocycles. The van der Waals surface area contributed by atoms with Gasteiger partial charge < -0.3 is 14.8 Å². The van der Waals surface area contributed by atoms with Crippen molar-refractivity contribution in [2.45, 2.75) is 12.6 Å². The van der Waals surface area contributed by atoms with Crippen molar-refractivity contribution in [2.24, 2.45) is 0 Å². The SMILES string of the molecule is COCC(CNCc1cscn1)OC. The molecule has 0 aromatic carbocycles. The van der Waals surface area contributed by atoms with E-state index in [1.165, 1.54) is 0 Å². The van der Waals surface area contributed by atoms with Crippen LogP contribution in [0.25, 0.3) is 0 Å². The van der Waals surface area contributed by atoms with E-state index in [-0.39, 0.29) is 6.10 Å². The van der Waals surface area contributed by atoms with Gasteiger partial charge in [0.2, 0.25) is 0 Å². The highest BCUT2D eigenvalue weighted by molar-refractivity contribution is 7.07. The van der Waals surface area contributed by atoms with Crippen molar-refractivity contribution < 1.29 is 9.47 Å². The molecule has 14 heavy (non-hydrogen) atoms. The first-order valence-electron chi connectivity index (χ1n) is 4.46. The third-order valence-corrected chi connectivity index (χ3v) is 2.48. The smallest absolute Gasteiger partial charge is 0.0928 e. The molecule has 0 spiro atoms. The number of thiazole rings is 1. The lowest BCUT2D eigenvalue weighted by Gasteiger charge is -2.14. The second-order valence-electron chi connectivity index (χ2n) is 2.92. The van der Waals surface area contributed by atoms with Crippen LogP contribution in [0.4, 0.5) is 0 Å². The summed E-state index contributed by atoms with van der Waals surface area (Å²) in [5.74, 6) is 0. The molecule has 1 N–H and O–H groups in total. The lowest BCUT2D eigenvalue weighted by atomic mass is 10.3. The Morgan fingerprint density at radius 1 is 1.57 bits per heavy atom. The Morgan fingerprint density at radius 3 is 3.00 bits per heavy atom. The van der Waals surface area contributed by atoms with Gasteiger partial charge in [0.1, 0.15) is 0 Å². The van der Waals surface area contributed by atoms with Crippen LogP contribution in [-0.2, 0) is 16.0 Å². The van der Waals surface area contributed by atoms with Crippen molar-refractivity contribution in [3.63, 3.8) is 0 Å². The van der Waals surface area contributed by atoms with Gasteiger partial charge in [0.25, 0.3) is 0 Å². The van der Waals surface area contributed by atoms with Gasteiger partial charge in [-0.3, -0.25) is 0 Å². The minimum absolute atomic E-state index is 0.110. The molecule has 4 nitrogen and oxygen atoms in total. The third-order valence-electron chi connectivity index (χ3n) is 1.85. The second kappa shape index (κ2) is 6.89. The Hall–Kier alpha value is -0.490. The van der Waals surface area contributed by atoms with Crippen LogP contribution in [0.3, 0.4) is 0 Å². The summed E-state index contributed by atoms with van der Waals surface area (Å²) in [6, 6.07) is 0. The number of hydrogen-bond donors (Lipinski definition) is 1. The number of nitrogens with one attached hydrogen (secondary N) is 1. The average Bonchev–Trinajstić information content (AvgIpc) is 2.69. The van der Waals surface area contributed by atoms with Gasteiger partial charge in [-0.05, 0) is 0 Å². The molecule has 80 valence electrons. The van der Waals surface area contributed by atoms with E-state index in [2.05, 4.69) is 10.3 Å². The Labute approximate surface area is 88.3 Å². The molecule has 1 rings (SSSR count). The summed E-state index contributed by atoms with van der Waals surface area (Å²) in [6.07, 6.45) is 0.110. The van der Waals surface area contributed by atoms with Crippen molar-refractivity contribution in [3.8, 4) is 0 Å². The molecule has 1 atom stereocenters. The first-order chi connectivity index (χ1) is 6.86. The standard InChI is InChI=1S/C9H16N2O2S/c1-12-5-9(13-2)4-10-3-8-6-14-7-11-8/h6-7,9-10H,3-5H2,1-2H3. The molecule has 0 saturated heterocycles. The lowest BCUT2D eigenvalue weighted by Crippen LogP contribution is -2.31. The normalized spacial score (nSPS) is 13.0. The van der Waals surface area contributed by atoms with Gasteiger partial charge in [-0.15, -0.1) is 11.3 Å². The zero-order valence-electron chi connectivity index (χ0n) is 8.53. The largest absolute Gasteiger partial charge is 0.382 e. The number of nitrogens with zero attached hydrogens (tertiary/aromatic N) is 1. The number of rotatable bonds is 7. The molecule has 1 heterocycles. The third kappa shape index (κ3) is 4.15. The molecule has 1 aromatic heterocycles. The number of hydrogen-bond acceptors (Lipinski definition) is 5. The maximum atomic E-state index is 5.20. The van der Waals surface area contributed by atoms with E-state index in [1.807, 2.05) is 10.9 Å². The lowest BCUT2D eigenvalue weighted by molar-refractivity contribution is 0.0287. The Bertz CT molecular complexity index is 229. The van der Waals surface area contributed by atoms with E-state index in [4.69, 9.17) is 9.47 Å². The molecule has 0 radical (unpaired) electrons. The summed E-state index contributed by atoms with van der Waals surface area (Å²) in [5.41, 5.74) is 2.90. The van der Waals surface area contributed by atoms with Crippen LogP contribution in [0.15, 0.2) is 10.9 Å². The molecule has 0 amide bonds. The molecule has 0 bridgehead atoms. The van der Waals surface area contributed by atoms with Crippen LogP contribution in [0, 0.1) is 0 Å². The first kappa shape index (κ1) is 11.6. The minimum atomic E-state index is 0.110. The predicted molar refractivity (Wildman–Crippen MR) is 56.5 cm³/mol. The molecule has 0 fully saturated rings. The molecule has 1 unspecified atom stereocenters. The van der Waals surface area contributed by atoms with Gasteiger partial charge in [-0.1, -0.05) is 0 Å². The monoisotopic (exact) mass is 216 g/mol. The van der Waals surface area contributed by atoms with Crippen LogP contribution in [0.2, 0.25) is 0 Å². The van der Waals surface area contributed by atoms with E-state index in [0.717, 1.165) is 18.8 Å². The van der Waals surface area contributed by atoms with Crippen molar-refractivity contribution in [1.29, 1.82) is 0 Å². The van der Waals surface area contributed by atoms with Gasteiger partial charge in [0.15, 0.2) is 0 Å². The number of aromatic nitrogens is 1. The topological polar surface area (TPSA) is 43.4 Å². The summed E-state index contributed by atoms with van der Waals surface area (Å²) < 4.78 is 10.2. The zero-order valence-corrected chi connectivity index (χ0v) is 9.34. The quantitative estimate of drug-likeness (QED) is 0.735. The average molecular weight is 216 g/mol. The molecule has 0 aliphatic rings. The van der Waals surface area contributed by atoms with Gasteiger partial charge in [0.05, 0.1) is 23.9 Å². The summed E-state index contributed by atoms with van der Waals surface area (Å²) in [7, 11) is 3.36. The molecule has 1 aromatic rings. The zero-order chi connectivity index (χ0) is 10.2. The van der Waals surface area contributed by atoms with Crippen molar-refractivity contribution >= 4 is 11.3 Å². The van der Waals surface area contributed by atoms with Crippen LogP contribution >= 0.6 is 11.3 Å². The number of methoxy groups -OCH3 is 2. The van der Waals surface area contributed by atoms with E-state index >= 15 is 0 Å². The predicted octanol–water partition coefficient (Wildman–Crippen LogP) is 0.894. The Kier molecular flexibility index (Phi) is 5.70. The van der Waals surface area contributed by atoms with Gasteiger partial charge in [0, 0.05) is 32.7 Å². The van der Waals surface area contributed by atoms with Crippen LogP contribution in [0.1, 0.15) is 5.69 Å². The highest BCUT2D eigenvalue weighted by Crippen LogP contribution is 1.99. The van der Waals surface area contributed by atoms with E-state index in [0.29, 0.717) is 6.61 Å². The van der Waals surface area contributed by atoms with Gasteiger partial charge in [-0.25, -0.2) is 4.98 Å². The first-order valence-corrected chi connectivity index (χ1v) is 5.40. The van der Waals surface area contributed by atoms with Gasteiger partial charge >= 0.3 is 0 Å². The van der Waals surface area contributed by atoms with Crippen LogP contribution in [-0.4, -0.2) is 38.5 Å². The minimum Gasteiger partial charge on any atom is -0.382 e. The maximum Gasteiger partial charge on any atom is 0.0928 e. The Balaban J connectivity index is 2.13. The molecular formula is C9H16N2O2S.